The topological polar surface area (TPSA) is 113 Å². The number of primary amides is 1. The number of aliphatic hydroxyl groups excluding tert-OH is 1. The molecule has 0 unspecified atom stereocenters. The van der Waals surface area contributed by atoms with Crippen molar-refractivity contribution >= 4 is 17.7 Å². The average Bonchev–Trinajstić information content (AvgIpc) is 2.54. The van der Waals surface area contributed by atoms with Gasteiger partial charge >= 0.3 is 0 Å². The molecule has 7 nitrogen and oxygen atoms in total. The fourth-order valence-corrected chi connectivity index (χ4v) is 2.83. The molecule has 1 aliphatic carbocycles. The number of amides is 1. The highest BCUT2D eigenvalue weighted by Gasteiger charge is 2.21. The summed E-state index contributed by atoms with van der Waals surface area (Å²) in [6, 6.07) is 0.486. The van der Waals surface area contributed by atoms with Crippen molar-refractivity contribution in [3.63, 3.8) is 0 Å². The van der Waals surface area contributed by atoms with E-state index in [-0.39, 0.29) is 18.2 Å². The van der Waals surface area contributed by atoms with Crippen LogP contribution < -0.4 is 16.4 Å². The smallest absolute Gasteiger partial charge is 0.254 e. The molecule has 1 aliphatic rings. The van der Waals surface area contributed by atoms with Crippen LogP contribution in [-0.4, -0.2) is 39.2 Å². The Hall–Kier alpha value is -1.89. The Kier molecular flexibility index (Phi) is 6.15. The van der Waals surface area contributed by atoms with E-state index in [1.165, 1.54) is 6.20 Å². The van der Waals surface area contributed by atoms with Gasteiger partial charge in [0.2, 0.25) is 5.95 Å². The van der Waals surface area contributed by atoms with Crippen molar-refractivity contribution < 1.29 is 9.90 Å². The molecule has 1 saturated carbocycles. The molecule has 1 heterocycles. The SMILES string of the molecule is CCC(CC)Nc1nc(NC2CCC(O)CC2)ncc1C(N)=O. The summed E-state index contributed by atoms with van der Waals surface area (Å²) < 4.78 is 0. The van der Waals surface area contributed by atoms with Crippen LogP contribution >= 0.6 is 0 Å². The van der Waals surface area contributed by atoms with Gasteiger partial charge in [-0.15, -0.1) is 0 Å². The maximum absolute atomic E-state index is 11.6. The van der Waals surface area contributed by atoms with Gasteiger partial charge < -0.3 is 21.5 Å². The Morgan fingerprint density at radius 2 is 2.00 bits per heavy atom. The number of carbonyl (C=O) groups excluding carboxylic acids is 1. The van der Waals surface area contributed by atoms with Crippen molar-refractivity contribution in [2.45, 2.75) is 70.6 Å². The van der Waals surface area contributed by atoms with Crippen LogP contribution in [0.25, 0.3) is 0 Å². The first-order valence-corrected chi connectivity index (χ1v) is 8.41. The van der Waals surface area contributed by atoms with E-state index in [9.17, 15) is 9.90 Å². The molecule has 2 rings (SSSR count). The Balaban J connectivity index is 2.13. The van der Waals surface area contributed by atoms with Gasteiger partial charge in [0.05, 0.1) is 11.7 Å². The van der Waals surface area contributed by atoms with Crippen LogP contribution in [0.5, 0.6) is 0 Å². The lowest BCUT2D eigenvalue weighted by Crippen LogP contribution is -2.29. The zero-order valence-corrected chi connectivity index (χ0v) is 13.9. The largest absolute Gasteiger partial charge is 0.393 e. The highest BCUT2D eigenvalue weighted by Crippen LogP contribution is 2.22. The van der Waals surface area contributed by atoms with Crippen molar-refractivity contribution in [3.05, 3.63) is 11.8 Å². The summed E-state index contributed by atoms with van der Waals surface area (Å²) in [7, 11) is 0. The van der Waals surface area contributed by atoms with E-state index in [4.69, 9.17) is 5.73 Å². The Morgan fingerprint density at radius 3 is 2.57 bits per heavy atom. The van der Waals surface area contributed by atoms with E-state index < -0.39 is 5.91 Å². The fraction of sp³-hybridized carbons (Fsp3) is 0.688. The Labute approximate surface area is 137 Å². The predicted molar refractivity (Wildman–Crippen MR) is 90.4 cm³/mol. The van der Waals surface area contributed by atoms with Gasteiger partial charge in [-0.2, -0.15) is 4.98 Å². The van der Waals surface area contributed by atoms with Gasteiger partial charge in [0.25, 0.3) is 5.91 Å². The average molecular weight is 321 g/mol. The predicted octanol–water partition coefficient (Wildman–Crippen LogP) is 1.89. The zero-order valence-electron chi connectivity index (χ0n) is 13.9. The van der Waals surface area contributed by atoms with Crippen LogP contribution in [-0.2, 0) is 0 Å². The fourth-order valence-electron chi connectivity index (χ4n) is 2.83. The number of carbonyl (C=O) groups is 1. The summed E-state index contributed by atoms with van der Waals surface area (Å²) in [5, 5.41) is 16.1. The molecule has 0 aliphatic heterocycles. The molecule has 7 heteroatoms. The third-order valence-electron chi connectivity index (χ3n) is 4.41. The van der Waals surface area contributed by atoms with E-state index in [1.807, 2.05) is 0 Å². The van der Waals surface area contributed by atoms with Gasteiger partial charge in [-0.3, -0.25) is 4.79 Å². The summed E-state index contributed by atoms with van der Waals surface area (Å²) in [6.07, 6.45) is 6.49. The molecule has 0 aromatic carbocycles. The summed E-state index contributed by atoms with van der Waals surface area (Å²) in [4.78, 5) is 20.2. The lowest BCUT2D eigenvalue weighted by Gasteiger charge is -2.26. The molecule has 0 atom stereocenters. The van der Waals surface area contributed by atoms with E-state index >= 15 is 0 Å². The quantitative estimate of drug-likeness (QED) is 0.610. The van der Waals surface area contributed by atoms with Crippen molar-refractivity contribution in [3.8, 4) is 0 Å². The lowest BCUT2D eigenvalue weighted by molar-refractivity contribution is 0.1000. The van der Waals surface area contributed by atoms with E-state index in [0.29, 0.717) is 17.3 Å². The second-order valence-electron chi connectivity index (χ2n) is 6.13. The third kappa shape index (κ3) is 4.79. The first-order chi connectivity index (χ1) is 11.0. The van der Waals surface area contributed by atoms with Crippen LogP contribution in [0.15, 0.2) is 6.20 Å². The number of aliphatic hydroxyl groups is 1. The molecule has 128 valence electrons. The minimum Gasteiger partial charge on any atom is -0.393 e. The number of hydrogen-bond acceptors (Lipinski definition) is 6. The van der Waals surface area contributed by atoms with Gasteiger partial charge in [0.1, 0.15) is 5.82 Å². The van der Waals surface area contributed by atoms with Crippen LogP contribution in [0, 0.1) is 0 Å². The monoisotopic (exact) mass is 321 g/mol. The molecule has 0 bridgehead atoms. The molecule has 0 saturated heterocycles. The first-order valence-electron chi connectivity index (χ1n) is 8.41. The molecular weight excluding hydrogens is 294 g/mol. The van der Waals surface area contributed by atoms with Gasteiger partial charge in [0, 0.05) is 18.3 Å². The number of nitrogens with two attached hydrogens (primary N) is 1. The summed E-state index contributed by atoms with van der Waals surface area (Å²) in [5.74, 6) is 0.440. The summed E-state index contributed by atoms with van der Waals surface area (Å²) in [6.45, 7) is 4.16. The highest BCUT2D eigenvalue weighted by atomic mass is 16.3. The molecule has 0 spiro atoms. The highest BCUT2D eigenvalue weighted by molar-refractivity contribution is 5.97. The van der Waals surface area contributed by atoms with Gasteiger partial charge in [-0.05, 0) is 38.5 Å². The molecule has 1 amide bonds. The molecule has 1 aromatic rings. The minimum absolute atomic E-state index is 0.196. The van der Waals surface area contributed by atoms with E-state index in [2.05, 4.69) is 34.4 Å². The van der Waals surface area contributed by atoms with Gasteiger partial charge in [0.15, 0.2) is 0 Å². The maximum atomic E-state index is 11.6. The molecule has 0 radical (unpaired) electrons. The van der Waals surface area contributed by atoms with E-state index in [1.54, 1.807) is 0 Å². The van der Waals surface area contributed by atoms with Crippen LogP contribution in [0.1, 0.15) is 62.7 Å². The van der Waals surface area contributed by atoms with Gasteiger partial charge in [-0.25, -0.2) is 4.98 Å². The number of hydrogen-bond donors (Lipinski definition) is 4. The normalized spacial score (nSPS) is 21.2. The lowest BCUT2D eigenvalue weighted by atomic mass is 9.93. The molecule has 1 aromatic heterocycles. The number of nitrogens with one attached hydrogen (secondary N) is 2. The van der Waals surface area contributed by atoms with Gasteiger partial charge in [-0.1, -0.05) is 13.8 Å². The molecule has 23 heavy (non-hydrogen) atoms. The number of nitrogens with zero attached hydrogens (tertiary/aromatic N) is 2. The Bertz CT molecular complexity index is 525. The van der Waals surface area contributed by atoms with Crippen LogP contribution in [0.2, 0.25) is 0 Å². The number of anilines is 2. The van der Waals surface area contributed by atoms with Crippen molar-refractivity contribution in [1.82, 2.24) is 9.97 Å². The number of rotatable bonds is 7. The third-order valence-corrected chi connectivity index (χ3v) is 4.41. The number of aromatic nitrogens is 2. The minimum atomic E-state index is -0.536. The zero-order chi connectivity index (χ0) is 16.8. The second-order valence-corrected chi connectivity index (χ2v) is 6.13. The van der Waals surface area contributed by atoms with Crippen molar-refractivity contribution in [1.29, 1.82) is 0 Å². The summed E-state index contributed by atoms with van der Waals surface area (Å²) >= 11 is 0. The second kappa shape index (κ2) is 8.10. The van der Waals surface area contributed by atoms with E-state index in [0.717, 1.165) is 38.5 Å². The maximum Gasteiger partial charge on any atom is 0.254 e. The Morgan fingerprint density at radius 1 is 1.35 bits per heavy atom. The first kappa shape index (κ1) is 17.5. The van der Waals surface area contributed by atoms with Crippen molar-refractivity contribution in [2.75, 3.05) is 10.6 Å². The molecule has 1 fully saturated rings. The molecular formula is C16H27N5O2. The van der Waals surface area contributed by atoms with Crippen molar-refractivity contribution in [2.24, 2.45) is 5.73 Å². The standard InChI is InChI=1S/C16H27N5O2/c1-3-10(4-2)19-15-13(14(17)23)9-18-16(21-15)20-11-5-7-12(22)8-6-11/h9-12,22H,3-8H2,1-2H3,(H2,17,23)(H2,18,19,20,21). The molecule has 5 N–H and O–H groups in total. The van der Waals surface area contributed by atoms with Crippen LogP contribution in [0.4, 0.5) is 11.8 Å². The summed E-state index contributed by atoms with van der Waals surface area (Å²) in [5.41, 5.74) is 5.72. The van der Waals surface area contributed by atoms with Crippen LogP contribution in [0.3, 0.4) is 0 Å².